The van der Waals surface area contributed by atoms with Gasteiger partial charge in [0.2, 0.25) is 5.76 Å². The van der Waals surface area contributed by atoms with Crippen LogP contribution in [0.15, 0.2) is 33.6 Å². The molecule has 0 aliphatic carbocycles. The van der Waals surface area contributed by atoms with Crippen LogP contribution in [0, 0.1) is 13.8 Å². The van der Waals surface area contributed by atoms with Crippen molar-refractivity contribution in [3.05, 3.63) is 57.4 Å². The molecule has 0 fully saturated rings. The zero-order valence-electron chi connectivity index (χ0n) is 10.1. The molecule has 2 aromatic heterocycles. The lowest BCUT2D eigenvalue weighted by atomic mass is 10.2. The first-order valence-corrected chi connectivity index (χ1v) is 5.47. The van der Waals surface area contributed by atoms with Crippen molar-refractivity contribution in [2.45, 2.75) is 20.4 Å². The second-order valence-electron chi connectivity index (χ2n) is 4.20. The summed E-state index contributed by atoms with van der Waals surface area (Å²) < 4.78 is 6.67. The maximum Gasteiger partial charge on any atom is 0.372 e. The van der Waals surface area contributed by atoms with Crippen molar-refractivity contribution < 1.29 is 14.3 Å². The van der Waals surface area contributed by atoms with Crippen molar-refractivity contribution in [2.24, 2.45) is 0 Å². The van der Waals surface area contributed by atoms with Crippen molar-refractivity contribution in [1.29, 1.82) is 0 Å². The van der Waals surface area contributed by atoms with Gasteiger partial charge >= 0.3 is 5.97 Å². The average Bonchev–Trinajstić information content (AvgIpc) is 2.64. The largest absolute Gasteiger partial charge is 0.475 e. The summed E-state index contributed by atoms with van der Waals surface area (Å²) >= 11 is 0. The molecule has 5 nitrogen and oxygen atoms in total. The molecule has 0 aliphatic rings. The molecule has 0 amide bonds. The van der Waals surface area contributed by atoms with Gasteiger partial charge in [-0.2, -0.15) is 0 Å². The van der Waals surface area contributed by atoms with Crippen LogP contribution in [0.5, 0.6) is 0 Å². The van der Waals surface area contributed by atoms with Gasteiger partial charge in [-0.3, -0.25) is 4.79 Å². The van der Waals surface area contributed by atoms with E-state index >= 15 is 0 Å². The van der Waals surface area contributed by atoms with Gasteiger partial charge in [-0.1, -0.05) is 0 Å². The SMILES string of the molecule is Cc1ccn(Cc2cc(C)c(C(=O)O)o2)c(=O)c1. The highest BCUT2D eigenvalue weighted by Crippen LogP contribution is 2.15. The Hall–Kier alpha value is -2.30. The Labute approximate surface area is 103 Å². The molecule has 0 atom stereocenters. The third-order valence-electron chi connectivity index (χ3n) is 2.64. The second-order valence-corrected chi connectivity index (χ2v) is 4.20. The van der Waals surface area contributed by atoms with Crippen LogP contribution < -0.4 is 5.56 Å². The van der Waals surface area contributed by atoms with Crippen LogP contribution in [0.3, 0.4) is 0 Å². The van der Waals surface area contributed by atoms with E-state index in [4.69, 9.17) is 9.52 Å². The quantitative estimate of drug-likeness (QED) is 0.897. The number of furan rings is 1. The van der Waals surface area contributed by atoms with Crippen LogP contribution in [-0.4, -0.2) is 15.6 Å². The molecule has 2 rings (SSSR count). The highest BCUT2D eigenvalue weighted by Gasteiger charge is 2.14. The lowest BCUT2D eigenvalue weighted by Gasteiger charge is -2.02. The van der Waals surface area contributed by atoms with E-state index in [0.717, 1.165) is 5.56 Å². The van der Waals surface area contributed by atoms with Gasteiger partial charge in [0.05, 0.1) is 6.54 Å². The minimum Gasteiger partial charge on any atom is -0.475 e. The van der Waals surface area contributed by atoms with Crippen LogP contribution >= 0.6 is 0 Å². The normalized spacial score (nSPS) is 10.6. The Morgan fingerprint density at radius 1 is 1.39 bits per heavy atom. The molecular formula is C13H13NO4. The zero-order valence-corrected chi connectivity index (χ0v) is 10.1. The Morgan fingerprint density at radius 3 is 2.67 bits per heavy atom. The van der Waals surface area contributed by atoms with E-state index in [1.807, 2.05) is 13.0 Å². The Morgan fingerprint density at radius 2 is 2.11 bits per heavy atom. The predicted molar refractivity (Wildman–Crippen MR) is 64.9 cm³/mol. The number of carboxylic acids is 1. The Balaban J connectivity index is 2.32. The lowest BCUT2D eigenvalue weighted by molar-refractivity contribution is 0.0659. The van der Waals surface area contributed by atoms with E-state index in [2.05, 4.69) is 0 Å². The van der Waals surface area contributed by atoms with E-state index in [1.165, 1.54) is 10.6 Å². The first-order valence-electron chi connectivity index (χ1n) is 5.47. The summed E-state index contributed by atoms with van der Waals surface area (Å²) in [6, 6.07) is 4.97. The molecule has 0 aromatic carbocycles. The number of rotatable bonds is 3. The molecule has 5 heteroatoms. The lowest BCUT2D eigenvalue weighted by Crippen LogP contribution is -2.18. The monoisotopic (exact) mass is 247 g/mol. The zero-order chi connectivity index (χ0) is 13.3. The number of aryl methyl sites for hydroxylation is 2. The molecule has 94 valence electrons. The maximum absolute atomic E-state index is 11.7. The number of hydrogen-bond acceptors (Lipinski definition) is 3. The minimum absolute atomic E-state index is 0.0786. The first-order chi connectivity index (χ1) is 8.47. The summed E-state index contributed by atoms with van der Waals surface area (Å²) in [5.74, 6) is -0.726. The molecule has 0 saturated carbocycles. The molecule has 1 N–H and O–H groups in total. The number of aromatic carboxylic acids is 1. The fraction of sp³-hybridized carbons (Fsp3) is 0.231. The van der Waals surface area contributed by atoms with E-state index < -0.39 is 5.97 Å². The maximum atomic E-state index is 11.7. The standard InChI is InChI=1S/C13H13NO4/c1-8-3-4-14(11(15)5-8)7-10-6-9(2)12(18-10)13(16)17/h3-6H,7H2,1-2H3,(H,16,17). The summed E-state index contributed by atoms with van der Waals surface area (Å²) in [6.45, 7) is 3.73. The third kappa shape index (κ3) is 2.34. The molecule has 0 spiro atoms. The number of carboxylic acid groups (broad SMARTS) is 1. The van der Waals surface area contributed by atoms with Crippen molar-refractivity contribution in [1.82, 2.24) is 4.57 Å². The van der Waals surface area contributed by atoms with Gasteiger partial charge in [0.25, 0.3) is 5.56 Å². The van der Waals surface area contributed by atoms with Gasteiger partial charge in [0.1, 0.15) is 5.76 Å². The fourth-order valence-corrected chi connectivity index (χ4v) is 1.74. The number of pyridine rings is 1. The van der Waals surface area contributed by atoms with E-state index in [0.29, 0.717) is 11.3 Å². The van der Waals surface area contributed by atoms with Crippen LogP contribution in [0.4, 0.5) is 0 Å². The van der Waals surface area contributed by atoms with Crippen LogP contribution in [-0.2, 0) is 6.54 Å². The van der Waals surface area contributed by atoms with Crippen molar-refractivity contribution in [3.63, 3.8) is 0 Å². The van der Waals surface area contributed by atoms with Crippen LogP contribution in [0.25, 0.3) is 0 Å². The second kappa shape index (κ2) is 4.52. The van der Waals surface area contributed by atoms with E-state index in [-0.39, 0.29) is 17.9 Å². The van der Waals surface area contributed by atoms with Crippen molar-refractivity contribution in [3.8, 4) is 0 Å². The van der Waals surface area contributed by atoms with Gasteiger partial charge in [-0.05, 0) is 31.5 Å². The van der Waals surface area contributed by atoms with Crippen molar-refractivity contribution in [2.75, 3.05) is 0 Å². The summed E-state index contributed by atoms with van der Waals surface area (Å²) in [5.41, 5.74) is 1.30. The molecule has 2 aromatic rings. The summed E-state index contributed by atoms with van der Waals surface area (Å²) in [7, 11) is 0. The molecule has 0 unspecified atom stereocenters. The molecule has 0 bridgehead atoms. The van der Waals surface area contributed by atoms with E-state index in [1.54, 1.807) is 19.2 Å². The minimum atomic E-state index is -1.10. The van der Waals surface area contributed by atoms with Gasteiger partial charge in [-0.15, -0.1) is 0 Å². The Bertz CT molecular complexity index is 651. The summed E-state index contributed by atoms with van der Waals surface area (Å²) in [6.07, 6.45) is 1.66. The van der Waals surface area contributed by atoms with Crippen LogP contribution in [0.2, 0.25) is 0 Å². The summed E-state index contributed by atoms with van der Waals surface area (Å²) in [5, 5.41) is 8.87. The highest BCUT2D eigenvalue weighted by atomic mass is 16.4. The molecule has 18 heavy (non-hydrogen) atoms. The summed E-state index contributed by atoms with van der Waals surface area (Å²) in [4.78, 5) is 22.5. The number of carbonyl (C=O) groups is 1. The van der Waals surface area contributed by atoms with Crippen molar-refractivity contribution >= 4 is 5.97 Å². The highest BCUT2D eigenvalue weighted by molar-refractivity contribution is 5.86. The average molecular weight is 247 g/mol. The van der Waals surface area contributed by atoms with Gasteiger partial charge < -0.3 is 14.1 Å². The van der Waals surface area contributed by atoms with E-state index in [9.17, 15) is 9.59 Å². The molecule has 0 saturated heterocycles. The van der Waals surface area contributed by atoms with Gasteiger partial charge in [0.15, 0.2) is 0 Å². The number of aromatic nitrogens is 1. The van der Waals surface area contributed by atoms with Gasteiger partial charge in [0, 0.05) is 17.8 Å². The molecule has 0 radical (unpaired) electrons. The molecule has 2 heterocycles. The fourth-order valence-electron chi connectivity index (χ4n) is 1.74. The number of hydrogen-bond donors (Lipinski definition) is 1. The van der Waals surface area contributed by atoms with Crippen LogP contribution in [0.1, 0.15) is 27.4 Å². The topological polar surface area (TPSA) is 72.4 Å². The number of nitrogens with zero attached hydrogens (tertiary/aromatic N) is 1. The third-order valence-corrected chi connectivity index (χ3v) is 2.64. The van der Waals surface area contributed by atoms with Gasteiger partial charge in [-0.25, -0.2) is 4.79 Å². The molecule has 0 aliphatic heterocycles. The molecular weight excluding hydrogens is 234 g/mol. The Kier molecular flexibility index (Phi) is 3.06. The first kappa shape index (κ1) is 12.2. The smallest absolute Gasteiger partial charge is 0.372 e. The predicted octanol–water partition coefficient (Wildman–Crippen LogP) is 1.80.